The van der Waals surface area contributed by atoms with Gasteiger partial charge in [-0.1, -0.05) is 96.8 Å². The topological polar surface area (TPSA) is 0 Å². The Kier molecular flexibility index (Phi) is 18.4. The van der Waals surface area contributed by atoms with E-state index >= 15 is 0 Å². The minimum atomic E-state index is -1.15. The molecule has 0 N–H and O–H groups in total. The van der Waals surface area contributed by atoms with Crippen molar-refractivity contribution in [3.63, 3.8) is 0 Å². The molecule has 0 spiro atoms. The van der Waals surface area contributed by atoms with Crippen LogP contribution in [0, 0.1) is 0 Å². The van der Waals surface area contributed by atoms with E-state index < -0.39 is 20.9 Å². The van der Waals surface area contributed by atoms with Gasteiger partial charge in [0.05, 0.1) is 0 Å². The molecule has 0 aromatic heterocycles. The van der Waals surface area contributed by atoms with Crippen LogP contribution >= 0.6 is 0 Å². The van der Waals surface area contributed by atoms with E-state index in [4.69, 9.17) is 0 Å². The van der Waals surface area contributed by atoms with Gasteiger partial charge in [-0.05, 0) is 0 Å². The number of hydrogen-bond donors (Lipinski definition) is 0. The van der Waals surface area contributed by atoms with E-state index in [0.29, 0.717) is 0 Å². The van der Waals surface area contributed by atoms with Gasteiger partial charge in [0.25, 0.3) is 0 Å². The van der Waals surface area contributed by atoms with Crippen molar-refractivity contribution in [2.45, 2.75) is 101 Å². The minimum Gasteiger partial charge on any atom is -0.486 e. The predicted octanol–water partition coefficient (Wildman–Crippen LogP) is 6.47. The van der Waals surface area contributed by atoms with E-state index in [1.807, 2.05) is 0 Å². The number of rotatable bonds is 15. The number of hydrogen-bond acceptors (Lipinski definition) is 0. The highest BCUT2D eigenvalue weighted by molar-refractivity contribution is 6.25. The molecule has 0 nitrogen and oxygen atoms in total. The summed E-state index contributed by atoms with van der Waals surface area (Å²) >= 11 is -1.15. The van der Waals surface area contributed by atoms with Gasteiger partial charge in [-0.3, -0.25) is 0 Å². The molecule has 0 fully saturated rings. The third kappa shape index (κ3) is 16.7. The van der Waals surface area contributed by atoms with Crippen molar-refractivity contribution < 1.29 is 2.96 Å². The normalized spacial score (nSPS) is 10.6. The fourth-order valence-electron chi connectivity index (χ4n) is 2.47. The first-order chi connectivity index (χ1) is 8.91. The molecule has 0 unspecified atom stereocenters. The molecule has 0 amide bonds. The lowest BCUT2D eigenvalue weighted by molar-refractivity contribution is 0.538. The first kappa shape index (κ1) is 18.7. The Morgan fingerprint density at radius 2 is 0.889 bits per heavy atom. The van der Waals surface area contributed by atoms with Crippen LogP contribution in [0.3, 0.4) is 0 Å². The largest absolute Gasteiger partial charge is 0.614 e. The van der Waals surface area contributed by atoms with E-state index in [0.717, 1.165) is 11.0 Å². The molecule has 0 rings (SSSR count). The summed E-state index contributed by atoms with van der Waals surface area (Å²) in [6.07, 6.45) is 19.4. The Morgan fingerprint density at radius 3 is 1.22 bits per heavy atom. The Bertz CT molecular complexity index is 123. The van der Waals surface area contributed by atoms with Crippen molar-refractivity contribution in [1.82, 2.24) is 0 Å². The average Bonchev–Trinajstić information content (AvgIpc) is 2.39. The standard InChI is InChI=1S/C16H33.FH.Mg/c1-3-5-7-9-11-13-15-16-14-12-10-8-6-4-2;;/h1,3-16H2,2H3;1H;/q;;+1/p-1. The summed E-state index contributed by atoms with van der Waals surface area (Å²) in [5, 5.41) is 0. The van der Waals surface area contributed by atoms with Crippen molar-refractivity contribution in [2.24, 2.45) is 0 Å². The summed E-state index contributed by atoms with van der Waals surface area (Å²) in [6, 6.07) is 0. The van der Waals surface area contributed by atoms with Gasteiger partial charge >= 0.3 is 20.9 Å². The molecule has 0 bridgehead atoms. The second-order valence-electron chi connectivity index (χ2n) is 5.64. The summed E-state index contributed by atoms with van der Waals surface area (Å²) in [5.41, 5.74) is 0. The van der Waals surface area contributed by atoms with Gasteiger partial charge in [-0.2, -0.15) is 0 Å². The first-order valence-corrected chi connectivity index (χ1v) is 10.0. The maximum atomic E-state index is 12.0. The van der Waals surface area contributed by atoms with Crippen LogP contribution in [0.4, 0.5) is 2.96 Å². The van der Waals surface area contributed by atoms with Crippen LogP contribution in [0.2, 0.25) is 4.55 Å². The zero-order chi connectivity index (χ0) is 13.3. The smallest absolute Gasteiger partial charge is 0.486 e. The Morgan fingerprint density at radius 1 is 0.556 bits per heavy atom. The van der Waals surface area contributed by atoms with E-state index in [1.54, 1.807) is 0 Å². The SMILES string of the molecule is CCCCCCCCCCCCCCC[CH2][Mg][F]. The van der Waals surface area contributed by atoms with Crippen LogP contribution in [0.1, 0.15) is 96.8 Å². The summed E-state index contributed by atoms with van der Waals surface area (Å²) in [5.74, 6) is 0. The molecule has 0 aliphatic heterocycles. The first-order valence-electron chi connectivity index (χ1n) is 8.47. The summed E-state index contributed by atoms with van der Waals surface area (Å²) in [7, 11) is 0. The van der Waals surface area contributed by atoms with Crippen molar-refractivity contribution in [1.29, 1.82) is 0 Å². The molecule has 0 radical (unpaired) electrons. The molecular formula is C16H33FMg. The van der Waals surface area contributed by atoms with Gasteiger partial charge in [0.15, 0.2) is 0 Å². The molecule has 0 saturated carbocycles. The van der Waals surface area contributed by atoms with Gasteiger partial charge in [0, 0.05) is 0 Å². The molecule has 2 heteroatoms. The monoisotopic (exact) mass is 268 g/mol. The van der Waals surface area contributed by atoms with Crippen LogP contribution in [0.15, 0.2) is 0 Å². The lowest BCUT2D eigenvalue weighted by atomic mass is 10.0. The van der Waals surface area contributed by atoms with Gasteiger partial charge in [-0.15, -0.1) is 4.55 Å². The summed E-state index contributed by atoms with van der Waals surface area (Å²) in [4.78, 5) is 0. The van der Waals surface area contributed by atoms with Crippen LogP contribution in [0.5, 0.6) is 0 Å². The zero-order valence-corrected chi connectivity index (χ0v) is 14.1. The Balaban J connectivity index is 2.86. The second kappa shape index (κ2) is 17.7. The Hall–Kier alpha value is 0.696. The van der Waals surface area contributed by atoms with E-state index in [1.165, 1.54) is 83.5 Å². The number of halogens is 1. The van der Waals surface area contributed by atoms with Gasteiger partial charge in [-0.25, -0.2) is 0 Å². The maximum Gasteiger partial charge on any atom is 0.614 e. The predicted molar refractivity (Wildman–Crippen MR) is 82.0 cm³/mol. The van der Waals surface area contributed by atoms with Crippen LogP contribution < -0.4 is 0 Å². The molecule has 0 heterocycles. The molecule has 0 aromatic carbocycles. The maximum absolute atomic E-state index is 12.0. The summed E-state index contributed by atoms with van der Waals surface area (Å²) in [6.45, 7) is 2.28. The van der Waals surface area contributed by atoms with Crippen molar-refractivity contribution in [3.05, 3.63) is 0 Å². The highest BCUT2D eigenvalue weighted by Crippen LogP contribution is 2.13. The summed E-state index contributed by atoms with van der Waals surface area (Å²) < 4.78 is 12.9. The Labute approximate surface area is 125 Å². The average molecular weight is 269 g/mol. The molecule has 0 aromatic rings. The zero-order valence-electron chi connectivity index (χ0n) is 12.7. The molecule has 0 aliphatic rings. The molecule has 18 heavy (non-hydrogen) atoms. The molecule has 0 aliphatic carbocycles. The van der Waals surface area contributed by atoms with E-state index in [-0.39, 0.29) is 0 Å². The third-order valence-corrected chi connectivity index (χ3v) is 4.50. The van der Waals surface area contributed by atoms with Crippen molar-refractivity contribution in [3.8, 4) is 0 Å². The third-order valence-electron chi connectivity index (χ3n) is 3.74. The lowest BCUT2D eigenvalue weighted by Crippen LogP contribution is -1.84. The van der Waals surface area contributed by atoms with Gasteiger partial charge in [0.1, 0.15) is 0 Å². The van der Waals surface area contributed by atoms with Crippen molar-refractivity contribution in [2.75, 3.05) is 0 Å². The van der Waals surface area contributed by atoms with E-state index in [2.05, 4.69) is 6.92 Å². The van der Waals surface area contributed by atoms with E-state index in [9.17, 15) is 2.96 Å². The fourth-order valence-corrected chi connectivity index (χ4v) is 3.01. The molecule has 0 atom stereocenters. The second-order valence-corrected chi connectivity index (χ2v) is 6.72. The number of unbranched alkanes of at least 4 members (excludes halogenated alkanes) is 13. The highest BCUT2D eigenvalue weighted by Gasteiger charge is 1.95. The molecule has 0 saturated heterocycles. The van der Waals surface area contributed by atoms with Crippen molar-refractivity contribution >= 4 is 20.9 Å². The van der Waals surface area contributed by atoms with Gasteiger partial charge < -0.3 is 2.96 Å². The molecular weight excluding hydrogens is 235 g/mol. The quantitative estimate of drug-likeness (QED) is 0.236. The van der Waals surface area contributed by atoms with Gasteiger partial charge in [0.2, 0.25) is 0 Å². The van der Waals surface area contributed by atoms with Crippen LogP contribution in [0.25, 0.3) is 0 Å². The lowest BCUT2D eigenvalue weighted by Gasteiger charge is -2.02. The molecule has 106 valence electrons. The fraction of sp³-hybridized carbons (Fsp3) is 1.00. The van der Waals surface area contributed by atoms with Crippen LogP contribution in [-0.4, -0.2) is 20.9 Å². The minimum absolute atomic E-state index is 0.915. The van der Waals surface area contributed by atoms with Crippen LogP contribution in [-0.2, 0) is 0 Å². The highest BCUT2D eigenvalue weighted by atomic mass is 24.6.